The van der Waals surface area contributed by atoms with E-state index >= 15 is 0 Å². The number of carbonyl (C=O) groups excluding carboxylic acids is 1. The molecule has 0 N–H and O–H groups in total. The fourth-order valence-electron chi connectivity index (χ4n) is 2.46. The van der Waals surface area contributed by atoms with Crippen molar-refractivity contribution in [3.8, 4) is 0 Å². The van der Waals surface area contributed by atoms with Gasteiger partial charge in [-0.1, -0.05) is 57.0 Å². The molecule has 0 fully saturated rings. The Morgan fingerprint density at radius 3 is 1.95 bits per heavy atom. The Morgan fingerprint density at radius 2 is 1.50 bits per heavy atom. The maximum Gasteiger partial charge on any atom is 0.182 e. The van der Waals surface area contributed by atoms with Crippen LogP contribution >= 0.6 is 0 Å². The summed E-state index contributed by atoms with van der Waals surface area (Å²) in [6.45, 7) is 10.5. The predicted octanol–water partition coefficient (Wildman–Crippen LogP) is 4.55. The molecule has 0 heterocycles. The molecule has 20 heavy (non-hydrogen) atoms. The first-order chi connectivity index (χ1) is 9.54. The Hall–Kier alpha value is -1.15. The van der Waals surface area contributed by atoms with Gasteiger partial charge in [0.15, 0.2) is 5.78 Å². The molecule has 0 aliphatic carbocycles. The van der Waals surface area contributed by atoms with Gasteiger partial charge in [0.05, 0.1) is 5.54 Å². The van der Waals surface area contributed by atoms with E-state index in [0.29, 0.717) is 0 Å². The molecule has 0 amide bonds. The Balaban J connectivity index is 2.87. The van der Waals surface area contributed by atoms with E-state index in [4.69, 9.17) is 0 Å². The van der Waals surface area contributed by atoms with Crippen molar-refractivity contribution in [1.82, 2.24) is 4.90 Å². The lowest BCUT2D eigenvalue weighted by Crippen LogP contribution is -2.50. The minimum atomic E-state index is -0.425. The van der Waals surface area contributed by atoms with Crippen LogP contribution in [0.1, 0.15) is 63.7 Å². The molecular weight excluding hydrogens is 246 g/mol. The van der Waals surface area contributed by atoms with E-state index < -0.39 is 5.54 Å². The molecule has 0 aliphatic heterocycles. The first-order valence-electron chi connectivity index (χ1n) is 7.89. The highest BCUT2D eigenvalue weighted by Gasteiger charge is 2.34. The lowest BCUT2D eigenvalue weighted by molar-refractivity contribution is 0.0630. The van der Waals surface area contributed by atoms with Crippen molar-refractivity contribution in [2.24, 2.45) is 0 Å². The Morgan fingerprint density at radius 1 is 1.00 bits per heavy atom. The van der Waals surface area contributed by atoms with Crippen molar-refractivity contribution in [2.75, 3.05) is 13.1 Å². The molecule has 0 aromatic heterocycles. The highest BCUT2D eigenvalue weighted by atomic mass is 16.1. The molecule has 0 bridgehead atoms. The topological polar surface area (TPSA) is 20.3 Å². The number of nitrogens with zero attached hydrogens (tertiary/aromatic N) is 1. The Labute approximate surface area is 124 Å². The van der Waals surface area contributed by atoms with Crippen LogP contribution in [0.4, 0.5) is 0 Å². The van der Waals surface area contributed by atoms with Gasteiger partial charge in [-0.2, -0.15) is 0 Å². The second kappa shape index (κ2) is 8.21. The van der Waals surface area contributed by atoms with E-state index in [1.165, 1.54) is 0 Å². The van der Waals surface area contributed by atoms with Crippen LogP contribution in [0.15, 0.2) is 30.3 Å². The van der Waals surface area contributed by atoms with Crippen molar-refractivity contribution in [2.45, 2.75) is 58.9 Å². The third-order valence-corrected chi connectivity index (χ3v) is 3.95. The SMILES string of the molecule is CCCCN(CCCC)C(C)(C)C(=O)c1ccccc1. The van der Waals surface area contributed by atoms with Crippen LogP contribution in [0.25, 0.3) is 0 Å². The molecule has 0 aliphatic rings. The number of benzene rings is 1. The summed E-state index contributed by atoms with van der Waals surface area (Å²) in [5.74, 6) is 0.227. The minimum absolute atomic E-state index is 0.227. The number of unbranched alkanes of at least 4 members (excludes halogenated alkanes) is 2. The molecule has 0 unspecified atom stereocenters. The minimum Gasteiger partial charge on any atom is -0.292 e. The zero-order valence-corrected chi connectivity index (χ0v) is 13.5. The fraction of sp³-hybridized carbons (Fsp3) is 0.611. The molecule has 1 aromatic carbocycles. The highest BCUT2D eigenvalue weighted by Crippen LogP contribution is 2.22. The molecule has 0 spiro atoms. The summed E-state index contributed by atoms with van der Waals surface area (Å²) >= 11 is 0. The largest absolute Gasteiger partial charge is 0.292 e. The summed E-state index contributed by atoms with van der Waals surface area (Å²) in [6.07, 6.45) is 4.63. The third kappa shape index (κ3) is 4.45. The van der Waals surface area contributed by atoms with Gasteiger partial charge in [0.25, 0.3) is 0 Å². The van der Waals surface area contributed by atoms with Crippen molar-refractivity contribution in [3.05, 3.63) is 35.9 Å². The Bertz CT molecular complexity index is 389. The number of carbonyl (C=O) groups is 1. The van der Waals surface area contributed by atoms with Gasteiger partial charge in [-0.3, -0.25) is 9.69 Å². The quantitative estimate of drug-likeness (QED) is 0.616. The van der Waals surface area contributed by atoms with Crippen LogP contribution in [0.2, 0.25) is 0 Å². The molecule has 0 radical (unpaired) electrons. The van der Waals surface area contributed by atoms with Crippen molar-refractivity contribution in [1.29, 1.82) is 0 Å². The first-order valence-corrected chi connectivity index (χ1v) is 7.89. The standard InChI is InChI=1S/C18H29NO/c1-5-7-14-19(15-8-6-2)18(3,4)17(20)16-12-10-9-11-13-16/h9-13H,5-8,14-15H2,1-4H3. The smallest absolute Gasteiger partial charge is 0.182 e. The molecular formula is C18H29NO. The zero-order chi connectivity index (χ0) is 15.0. The lowest BCUT2D eigenvalue weighted by atomic mass is 9.90. The van der Waals surface area contributed by atoms with E-state index in [1.54, 1.807) is 0 Å². The van der Waals surface area contributed by atoms with Crippen LogP contribution in [-0.4, -0.2) is 29.3 Å². The monoisotopic (exact) mass is 275 g/mol. The van der Waals surface area contributed by atoms with Crippen LogP contribution in [0, 0.1) is 0 Å². The molecule has 112 valence electrons. The van der Waals surface area contributed by atoms with Gasteiger partial charge in [0.2, 0.25) is 0 Å². The van der Waals surface area contributed by atoms with Crippen molar-refractivity contribution in [3.63, 3.8) is 0 Å². The third-order valence-electron chi connectivity index (χ3n) is 3.95. The van der Waals surface area contributed by atoms with Crippen LogP contribution in [0.3, 0.4) is 0 Å². The second-order valence-electron chi connectivity index (χ2n) is 5.95. The fourth-order valence-corrected chi connectivity index (χ4v) is 2.46. The first kappa shape index (κ1) is 16.9. The number of hydrogen-bond acceptors (Lipinski definition) is 2. The highest BCUT2D eigenvalue weighted by molar-refractivity contribution is 6.02. The van der Waals surface area contributed by atoms with Gasteiger partial charge in [0, 0.05) is 5.56 Å². The summed E-state index contributed by atoms with van der Waals surface area (Å²) in [6, 6.07) is 9.66. The average molecular weight is 275 g/mol. The van der Waals surface area contributed by atoms with E-state index in [-0.39, 0.29) is 5.78 Å². The summed E-state index contributed by atoms with van der Waals surface area (Å²) in [4.78, 5) is 15.1. The van der Waals surface area contributed by atoms with Gasteiger partial charge >= 0.3 is 0 Å². The summed E-state index contributed by atoms with van der Waals surface area (Å²) in [5.41, 5.74) is 0.390. The van der Waals surface area contributed by atoms with E-state index in [2.05, 4.69) is 32.6 Å². The molecule has 0 atom stereocenters. The van der Waals surface area contributed by atoms with E-state index in [1.807, 2.05) is 30.3 Å². The van der Waals surface area contributed by atoms with Crippen LogP contribution in [0.5, 0.6) is 0 Å². The maximum atomic E-state index is 12.8. The Kier molecular flexibility index (Phi) is 6.94. The zero-order valence-electron chi connectivity index (χ0n) is 13.5. The molecule has 1 aromatic rings. The lowest BCUT2D eigenvalue weighted by Gasteiger charge is -2.37. The predicted molar refractivity (Wildman–Crippen MR) is 86.2 cm³/mol. The van der Waals surface area contributed by atoms with Gasteiger partial charge in [-0.05, 0) is 39.8 Å². The number of ketones is 1. The molecule has 1 rings (SSSR count). The summed E-state index contributed by atoms with van der Waals surface area (Å²) in [5, 5.41) is 0. The molecule has 2 heteroatoms. The number of hydrogen-bond donors (Lipinski definition) is 0. The van der Waals surface area contributed by atoms with E-state index in [0.717, 1.165) is 44.3 Å². The summed E-state index contributed by atoms with van der Waals surface area (Å²) < 4.78 is 0. The summed E-state index contributed by atoms with van der Waals surface area (Å²) in [7, 11) is 0. The number of rotatable bonds is 9. The van der Waals surface area contributed by atoms with Crippen LogP contribution < -0.4 is 0 Å². The molecule has 0 saturated carbocycles. The molecule has 0 saturated heterocycles. The number of Topliss-reactive ketones (excluding diaryl/α,β-unsaturated/α-hetero) is 1. The normalized spacial score (nSPS) is 11.8. The van der Waals surface area contributed by atoms with Gasteiger partial charge in [0.1, 0.15) is 0 Å². The maximum absolute atomic E-state index is 12.8. The van der Waals surface area contributed by atoms with E-state index in [9.17, 15) is 4.79 Å². The molecule has 2 nitrogen and oxygen atoms in total. The van der Waals surface area contributed by atoms with Crippen molar-refractivity contribution < 1.29 is 4.79 Å². The van der Waals surface area contributed by atoms with Gasteiger partial charge < -0.3 is 0 Å². The van der Waals surface area contributed by atoms with Gasteiger partial charge in [-0.25, -0.2) is 0 Å². The van der Waals surface area contributed by atoms with Crippen molar-refractivity contribution >= 4 is 5.78 Å². The average Bonchev–Trinajstić information content (AvgIpc) is 2.47. The van der Waals surface area contributed by atoms with Crippen LogP contribution in [-0.2, 0) is 0 Å². The second-order valence-corrected chi connectivity index (χ2v) is 5.95. The van der Waals surface area contributed by atoms with Gasteiger partial charge in [-0.15, -0.1) is 0 Å².